The van der Waals surface area contributed by atoms with Crippen molar-refractivity contribution in [2.45, 2.75) is 25.5 Å². The Morgan fingerprint density at radius 2 is 1.92 bits per heavy atom. The molecule has 0 fully saturated rings. The molecule has 1 aromatic heterocycles. The fourth-order valence-corrected chi connectivity index (χ4v) is 3.28. The highest BCUT2D eigenvalue weighted by Gasteiger charge is 2.26. The van der Waals surface area contributed by atoms with E-state index in [9.17, 15) is 4.55 Å². The smallest absolute Gasteiger partial charge is 0.168 e. The van der Waals surface area contributed by atoms with Crippen molar-refractivity contribution in [2.24, 2.45) is 4.40 Å². The Morgan fingerprint density at radius 1 is 1.17 bits per heavy atom. The maximum Gasteiger partial charge on any atom is 0.168 e. The van der Waals surface area contributed by atoms with Gasteiger partial charge in [-0.3, -0.25) is 0 Å². The largest absolute Gasteiger partial charge is 0.591 e. The van der Waals surface area contributed by atoms with E-state index >= 15 is 0 Å². The minimum atomic E-state index is -1.31. The van der Waals surface area contributed by atoms with Crippen LogP contribution >= 0.6 is 15.9 Å². The minimum Gasteiger partial charge on any atom is -0.591 e. The molecule has 24 heavy (non-hydrogen) atoms. The summed E-state index contributed by atoms with van der Waals surface area (Å²) in [4.78, 5) is 0. The Hall–Kier alpha value is -1.63. The number of hydrogen-bond donors (Lipinski definition) is 0. The molecule has 0 saturated heterocycles. The number of hydrogen-bond acceptors (Lipinski definition) is 4. The molecule has 4 nitrogen and oxygen atoms in total. The Morgan fingerprint density at radius 3 is 2.67 bits per heavy atom. The number of aromatic nitrogens is 1. The Bertz CT molecular complexity index is 899. The highest BCUT2D eigenvalue weighted by Crippen LogP contribution is 2.34. The van der Waals surface area contributed by atoms with Gasteiger partial charge in [0.05, 0.1) is 11.6 Å². The fraction of sp³-hybridized carbons (Fsp3) is 0.222. The van der Waals surface area contributed by atoms with Gasteiger partial charge in [0.2, 0.25) is 0 Å². The van der Waals surface area contributed by atoms with Crippen molar-refractivity contribution in [3.05, 3.63) is 52.5 Å². The minimum absolute atomic E-state index is 0.394. The van der Waals surface area contributed by atoms with Crippen LogP contribution in [0.3, 0.4) is 0 Å². The lowest BCUT2D eigenvalue weighted by atomic mass is 10.0. The third-order valence-corrected chi connectivity index (χ3v) is 5.48. The third-order valence-electron chi connectivity index (χ3n) is 3.47. The van der Waals surface area contributed by atoms with Gasteiger partial charge in [-0.1, -0.05) is 39.9 Å². The lowest BCUT2D eigenvalue weighted by Crippen LogP contribution is -2.25. The van der Waals surface area contributed by atoms with Gasteiger partial charge in [0.15, 0.2) is 5.58 Å². The standard InChI is InChI=1S/C18H17BrN2O2S/c1-18(2,3)24(22)20-11-12-7-4-5-8-13(12)17-16-14(19)9-6-10-15(16)23-21-17/h4-11H,1-3H3. The molecule has 2 aromatic carbocycles. The fourth-order valence-electron chi connectivity index (χ4n) is 2.22. The summed E-state index contributed by atoms with van der Waals surface area (Å²) in [5.74, 6) is 0. The van der Waals surface area contributed by atoms with E-state index in [2.05, 4.69) is 25.5 Å². The van der Waals surface area contributed by atoms with Crippen molar-refractivity contribution in [1.29, 1.82) is 0 Å². The molecule has 1 atom stereocenters. The summed E-state index contributed by atoms with van der Waals surface area (Å²) < 4.78 is 22.3. The quantitative estimate of drug-likeness (QED) is 0.448. The van der Waals surface area contributed by atoms with E-state index in [1.807, 2.05) is 63.2 Å². The average Bonchev–Trinajstić information content (AvgIpc) is 2.97. The van der Waals surface area contributed by atoms with Crippen molar-refractivity contribution in [1.82, 2.24) is 5.16 Å². The van der Waals surface area contributed by atoms with Crippen LogP contribution in [0.4, 0.5) is 0 Å². The van der Waals surface area contributed by atoms with Crippen LogP contribution in [0.25, 0.3) is 22.2 Å². The van der Waals surface area contributed by atoms with Crippen LogP contribution in [-0.4, -0.2) is 20.7 Å². The predicted molar refractivity (Wildman–Crippen MR) is 103 cm³/mol. The monoisotopic (exact) mass is 404 g/mol. The van der Waals surface area contributed by atoms with E-state index in [4.69, 9.17) is 4.52 Å². The predicted octanol–water partition coefficient (Wildman–Crippen LogP) is 5.14. The van der Waals surface area contributed by atoms with E-state index in [0.717, 1.165) is 26.7 Å². The molecule has 3 rings (SSSR count). The zero-order chi connectivity index (χ0) is 17.3. The number of rotatable bonds is 3. The molecular weight excluding hydrogens is 388 g/mol. The molecule has 0 spiro atoms. The zero-order valence-electron chi connectivity index (χ0n) is 13.6. The molecule has 1 unspecified atom stereocenters. The lowest BCUT2D eigenvalue weighted by molar-refractivity contribution is 0.459. The van der Waals surface area contributed by atoms with Gasteiger partial charge in [-0.15, -0.1) is 0 Å². The topological polar surface area (TPSA) is 61.5 Å². The van der Waals surface area contributed by atoms with E-state index in [-0.39, 0.29) is 0 Å². The Kier molecular flexibility index (Phi) is 4.80. The first-order valence-electron chi connectivity index (χ1n) is 7.47. The third kappa shape index (κ3) is 3.41. The van der Waals surface area contributed by atoms with Gasteiger partial charge in [0, 0.05) is 15.6 Å². The number of nitrogens with zero attached hydrogens (tertiary/aromatic N) is 2. The maximum atomic E-state index is 12.2. The van der Waals surface area contributed by atoms with Crippen LogP contribution in [0, 0.1) is 0 Å². The van der Waals surface area contributed by atoms with E-state index < -0.39 is 16.1 Å². The molecule has 0 amide bonds. The van der Waals surface area contributed by atoms with Crippen LogP contribution in [0.15, 0.2) is 55.9 Å². The molecule has 0 bridgehead atoms. The first-order valence-corrected chi connectivity index (χ1v) is 9.37. The van der Waals surface area contributed by atoms with Gasteiger partial charge in [0.25, 0.3) is 0 Å². The molecule has 0 N–H and O–H groups in total. The average molecular weight is 405 g/mol. The molecule has 0 saturated carbocycles. The normalized spacial score (nSPS) is 13.7. The Balaban J connectivity index is 2.08. The van der Waals surface area contributed by atoms with Gasteiger partial charge < -0.3 is 9.08 Å². The van der Waals surface area contributed by atoms with E-state index in [1.165, 1.54) is 0 Å². The maximum absolute atomic E-state index is 12.2. The first-order chi connectivity index (χ1) is 11.4. The summed E-state index contributed by atoms with van der Waals surface area (Å²) >= 11 is 2.25. The highest BCUT2D eigenvalue weighted by molar-refractivity contribution is 9.10. The van der Waals surface area contributed by atoms with Crippen molar-refractivity contribution in [2.75, 3.05) is 0 Å². The summed E-state index contributed by atoms with van der Waals surface area (Å²) in [5.41, 5.74) is 3.18. The van der Waals surface area contributed by atoms with Crippen molar-refractivity contribution >= 4 is 44.5 Å². The van der Waals surface area contributed by atoms with Crippen molar-refractivity contribution in [3.63, 3.8) is 0 Å². The summed E-state index contributed by atoms with van der Waals surface area (Å²) in [5, 5.41) is 5.13. The second-order valence-electron chi connectivity index (χ2n) is 6.33. The second-order valence-corrected chi connectivity index (χ2v) is 9.12. The van der Waals surface area contributed by atoms with Crippen LogP contribution in [0.1, 0.15) is 26.3 Å². The zero-order valence-corrected chi connectivity index (χ0v) is 16.0. The van der Waals surface area contributed by atoms with Gasteiger partial charge in [0.1, 0.15) is 21.8 Å². The van der Waals surface area contributed by atoms with Crippen LogP contribution in [-0.2, 0) is 11.4 Å². The molecule has 0 radical (unpaired) electrons. The van der Waals surface area contributed by atoms with Gasteiger partial charge in [-0.25, -0.2) is 0 Å². The number of fused-ring (bicyclic) bond motifs is 1. The first kappa shape index (κ1) is 17.2. The van der Waals surface area contributed by atoms with Crippen LogP contribution in [0.2, 0.25) is 0 Å². The highest BCUT2D eigenvalue weighted by atomic mass is 79.9. The Labute approximate surface area is 152 Å². The molecule has 0 aliphatic carbocycles. The molecular formula is C18H17BrN2O2S. The van der Waals surface area contributed by atoms with Gasteiger partial charge in [-0.2, -0.15) is 0 Å². The van der Waals surface area contributed by atoms with E-state index in [0.29, 0.717) is 5.58 Å². The van der Waals surface area contributed by atoms with Gasteiger partial charge >= 0.3 is 0 Å². The summed E-state index contributed by atoms with van der Waals surface area (Å²) in [6, 6.07) is 13.5. The summed E-state index contributed by atoms with van der Waals surface area (Å²) in [6.45, 7) is 5.69. The SMILES string of the molecule is CC(C)(C)[S+]([O-])N=Cc1ccccc1-c1noc2cccc(Br)c12. The van der Waals surface area contributed by atoms with Crippen molar-refractivity contribution < 1.29 is 9.08 Å². The molecule has 1 heterocycles. The summed E-state index contributed by atoms with van der Waals surface area (Å²) in [7, 11) is 0. The van der Waals surface area contributed by atoms with Crippen LogP contribution < -0.4 is 0 Å². The molecule has 3 aromatic rings. The molecule has 0 aliphatic rings. The molecule has 124 valence electrons. The van der Waals surface area contributed by atoms with Gasteiger partial charge in [-0.05, 0) is 48.8 Å². The number of benzene rings is 2. The van der Waals surface area contributed by atoms with Crippen LogP contribution in [0.5, 0.6) is 0 Å². The molecule has 0 aliphatic heterocycles. The molecule has 6 heteroatoms. The van der Waals surface area contributed by atoms with E-state index in [1.54, 1.807) is 6.21 Å². The summed E-state index contributed by atoms with van der Waals surface area (Å²) in [6.07, 6.45) is 1.65. The second kappa shape index (κ2) is 6.70. The number of halogens is 1. The van der Waals surface area contributed by atoms with Crippen molar-refractivity contribution in [3.8, 4) is 11.3 Å². The lowest BCUT2D eigenvalue weighted by Gasteiger charge is -2.17.